The van der Waals surface area contributed by atoms with Gasteiger partial charge >= 0.3 is 0 Å². The van der Waals surface area contributed by atoms with Crippen molar-refractivity contribution >= 4 is 21.4 Å². The number of nitrogens with zero attached hydrogens (tertiary/aromatic N) is 1. The molecule has 5 nitrogen and oxygen atoms in total. The predicted octanol–water partition coefficient (Wildman–Crippen LogP) is 3.56. The highest BCUT2D eigenvalue weighted by atomic mass is 32.2. The lowest BCUT2D eigenvalue weighted by Crippen LogP contribution is -2.31. The lowest BCUT2D eigenvalue weighted by atomic mass is 9.98. The summed E-state index contributed by atoms with van der Waals surface area (Å²) in [7, 11) is -3.28. The summed E-state index contributed by atoms with van der Waals surface area (Å²) in [6.45, 7) is 11.7. The highest BCUT2D eigenvalue weighted by molar-refractivity contribution is 7.88. The SMILES string of the molecule is CC(C)NS(=O)(=O)Cc1ccc(CNCc2cnc(C(C)(C)C)s2)cc1. The van der Waals surface area contributed by atoms with Crippen molar-refractivity contribution in [3.05, 3.63) is 51.5 Å². The van der Waals surface area contributed by atoms with E-state index in [0.717, 1.165) is 29.2 Å². The average Bonchev–Trinajstić information content (AvgIpc) is 2.96. The maximum atomic E-state index is 12.0. The third-order valence-corrected chi connectivity index (χ3v) is 6.59. The number of sulfonamides is 1. The summed E-state index contributed by atoms with van der Waals surface area (Å²) < 4.78 is 26.5. The van der Waals surface area contributed by atoms with Gasteiger partial charge in [-0.05, 0) is 25.0 Å². The standard InChI is InChI=1S/C19H29N3O2S2/c1-14(2)22-26(23,24)13-16-8-6-15(7-9-16)10-20-11-17-12-21-18(25-17)19(3,4)5/h6-9,12,14,20,22H,10-11,13H2,1-5H3. The van der Waals surface area contributed by atoms with Crippen molar-refractivity contribution in [1.82, 2.24) is 15.0 Å². The molecular formula is C19H29N3O2S2. The monoisotopic (exact) mass is 395 g/mol. The second kappa shape index (κ2) is 8.61. The molecule has 0 aliphatic carbocycles. The largest absolute Gasteiger partial charge is 0.308 e. The van der Waals surface area contributed by atoms with Gasteiger partial charge in [0.15, 0.2) is 0 Å². The number of nitrogens with one attached hydrogen (secondary N) is 2. The summed E-state index contributed by atoms with van der Waals surface area (Å²) in [5.74, 6) is 0.00926. The molecule has 0 radical (unpaired) electrons. The molecule has 0 atom stereocenters. The Morgan fingerprint density at radius 3 is 2.23 bits per heavy atom. The van der Waals surface area contributed by atoms with Gasteiger partial charge in [0.25, 0.3) is 0 Å². The van der Waals surface area contributed by atoms with Gasteiger partial charge in [0.05, 0.1) is 10.8 Å². The minimum atomic E-state index is -3.28. The molecule has 1 heterocycles. The number of rotatable bonds is 8. The van der Waals surface area contributed by atoms with Crippen LogP contribution in [0.3, 0.4) is 0 Å². The molecular weight excluding hydrogens is 366 g/mol. The van der Waals surface area contributed by atoms with E-state index < -0.39 is 10.0 Å². The van der Waals surface area contributed by atoms with E-state index in [0.29, 0.717) is 0 Å². The molecule has 0 saturated carbocycles. The van der Waals surface area contributed by atoms with Gasteiger partial charge in [0, 0.05) is 35.6 Å². The Balaban J connectivity index is 1.85. The van der Waals surface area contributed by atoms with Crippen molar-refractivity contribution < 1.29 is 8.42 Å². The normalized spacial score (nSPS) is 12.7. The fourth-order valence-electron chi connectivity index (χ4n) is 2.44. The molecule has 0 saturated heterocycles. The Bertz CT molecular complexity index is 804. The van der Waals surface area contributed by atoms with Crippen LogP contribution in [0.15, 0.2) is 30.5 Å². The van der Waals surface area contributed by atoms with E-state index in [9.17, 15) is 8.42 Å². The van der Waals surface area contributed by atoms with Crippen molar-refractivity contribution in [3.8, 4) is 0 Å². The predicted molar refractivity (Wildman–Crippen MR) is 109 cm³/mol. The molecule has 0 unspecified atom stereocenters. The summed E-state index contributed by atoms with van der Waals surface area (Å²) in [4.78, 5) is 5.71. The van der Waals surface area contributed by atoms with Gasteiger partial charge in [0.1, 0.15) is 0 Å². The second-order valence-corrected chi connectivity index (χ2v) is 10.7. The first kappa shape index (κ1) is 21.0. The molecule has 7 heteroatoms. The Morgan fingerprint density at radius 1 is 1.08 bits per heavy atom. The fourth-order valence-corrected chi connectivity index (χ4v) is 4.81. The number of thiazole rings is 1. The van der Waals surface area contributed by atoms with Crippen LogP contribution in [0.2, 0.25) is 0 Å². The molecule has 1 aromatic heterocycles. The van der Waals surface area contributed by atoms with Crippen LogP contribution in [0.5, 0.6) is 0 Å². The van der Waals surface area contributed by atoms with Gasteiger partial charge in [-0.2, -0.15) is 0 Å². The van der Waals surface area contributed by atoms with E-state index in [4.69, 9.17) is 0 Å². The van der Waals surface area contributed by atoms with Gasteiger partial charge in [-0.3, -0.25) is 0 Å². The average molecular weight is 396 g/mol. The summed E-state index contributed by atoms with van der Waals surface area (Å²) >= 11 is 1.74. The maximum Gasteiger partial charge on any atom is 0.216 e. The lowest BCUT2D eigenvalue weighted by Gasteiger charge is -2.13. The molecule has 2 aromatic rings. The van der Waals surface area contributed by atoms with E-state index in [1.807, 2.05) is 44.3 Å². The topological polar surface area (TPSA) is 71.1 Å². The van der Waals surface area contributed by atoms with E-state index in [1.165, 1.54) is 4.88 Å². The van der Waals surface area contributed by atoms with Crippen LogP contribution in [0, 0.1) is 0 Å². The lowest BCUT2D eigenvalue weighted by molar-refractivity contribution is 0.569. The molecule has 2 N–H and O–H groups in total. The second-order valence-electron chi connectivity index (χ2n) is 7.83. The number of hydrogen-bond acceptors (Lipinski definition) is 5. The maximum absolute atomic E-state index is 12.0. The van der Waals surface area contributed by atoms with Gasteiger partial charge in [-0.1, -0.05) is 45.0 Å². The molecule has 0 bridgehead atoms. The smallest absolute Gasteiger partial charge is 0.216 e. The quantitative estimate of drug-likeness (QED) is 0.717. The van der Waals surface area contributed by atoms with Crippen molar-refractivity contribution in [2.45, 2.75) is 64.9 Å². The Morgan fingerprint density at radius 2 is 1.69 bits per heavy atom. The zero-order valence-electron chi connectivity index (χ0n) is 16.2. The first-order chi connectivity index (χ1) is 12.0. The van der Waals surface area contributed by atoms with Crippen LogP contribution in [-0.2, 0) is 34.3 Å². The van der Waals surface area contributed by atoms with Crippen LogP contribution in [-0.4, -0.2) is 19.4 Å². The molecule has 1 aromatic carbocycles. The Hall–Kier alpha value is -1.28. The van der Waals surface area contributed by atoms with Crippen LogP contribution in [0.4, 0.5) is 0 Å². The minimum absolute atomic E-state index is 0.00926. The summed E-state index contributed by atoms with van der Waals surface area (Å²) in [5, 5.41) is 4.56. The third-order valence-electron chi connectivity index (χ3n) is 3.62. The van der Waals surface area contributed by atoms with E-state index in [-0.39, 0.29) is 17.2 Å². The van der Waals surface area contributed by atoms with Gasteiger partial charge in [0.2, 0.25) is 10.0 Å². The number of aromatic nitrogens is 1. The first-order valence-corrected chi connectivity index (χ1v) is 11.3. The molecule has 0 aliphatic heterocycles. The molecule has 0 spiro atoms. The number of hydrogen-bond donors (Lipinski definition) is 2. The third kappa shape index (κ3) is 6.79. The Kier molecular flexibility index (Phi) is 6.96. The van der Waals surface area contributed by atoms with Crippen LogP contribution >= 0.6 is 11.3 Å². The highest BCUT2D eigenvalue weighted by Crippen LogP contribution is 2.26. The van der Waals surface area contributed by atoms with Gasteiger partial charge in [-0.25, -0.2) is 18.1 Å². The highest BCUT2D eigenvalue weighted by Gasteiger charge is 2.17. The van der Waals surface area contributed by atoms with Crippen molar-refractivity contribution in [2.24, 2.45) is 0 Å². The first-order valence-electron chi connectivity index (χ1n) is 8.79. The molecule has 144 valence electrons. The zero-order chi connectivity index (χ0) is 19.4. The molecule has 0 amide bonds. The van der Waals surface area contributed by atoms with E-state index in [1.54, 1.807) is 11.3 Å². The molecule has 0 aliphatic rings. The van der Waals surface area contributed by atoms with Gasteiger partial charge in [-0.15, -0.1) is 11.3 Å². The van der Waals surface area contributed by atoms with Crippen LogP contribution < -0.4 is 10.0 Å². The number of benzene rings is 1. The van der Waals surface area contributed by atoms with Gasteiger partial charge < -0.3 is 5.32 Å². The Labute approximate surface area is 161 Å². The molecule has 0 fully saturated rings. The minimum Gasteiger partial charge on any atom is -0.308 e. The fraction of sp³-hybridized carbons (Fsp3) is 0.526. The van der Waals surface area contributed by atoms with Crippen molar-refractivity contribution in [1.29, 1.82) is 0 Å². The van der Waals surface area contributed by atoms with Crippen LogP contribution in [0.25, 0.3) is 0 Å². The zero-order valence-corrected chi connectivity index (χ0v) is 17.8. The van der Waals surface area contributed by atoms with Crippen LogP contribution in [0.1, 0.15) is 55.6 Å². The molecule has 2 rings (SSSR count). The van der Waals surface area contributed by atoms with E-state index >= 15 is 0 Å². The van der Waals surface area contributed by atoms with Crippen molar-refractivity contribution in [2.75, 3.05) is 0 Å². The summed E-state index contributed by atoms with van der Waals surface area (Å²) in [6.07, 6.45) is 1.94. The summed E-state index contributed by atoms with van der Waals surface area (Å²) in [6, 6.07) is 7.61. The van der Waals surface area contributed by atoms with Crippen molar-refractivity contribution in [3.63, 3.8) is 0 Å². The molecule has 26 heavy (non-hydrogen) atoms. The van der Waals surface area contributed by atoms with E-state index in [2.05, 4.69) is 35.8 Å². The summed E-state index contributed by atoms with van der Waals surface area (Å²) in [5.41, 5.74) is 2.01.